The Morgan fingerprint density at radius 3 is 2.42 bits per heavy atom. The van der Waals surface area contributed by atoms with Crippen LogP contribution in [0.15, 0.2) is 30.3 Å². The number of carboxylic acids is 1. The van der Waals surface area contributed by atoms with Gasteiger partial charge in [0, 0.05) is 6.42 Å². The molecule has 1 aromatic rings. The van der Waals surface area contributed by atoms with Crippen LogP contribution >= 0.6 is 0 Å². The number of aliphatic hydroxyl groups is 1. The summed E-state index contributed by atoms with van der Waals surface area (Å²) in [6, 6.07) is 8.52. The van der Waals surface area contributed by atoms with E-state index < -0.39 is 30.1 Å². The number of esters is 1. The van der Waals surface area contributed by atoms with Gasteiger partial charge < -0.3 is 14.9 Å². The van der Waals surface area contributed by atoms with Gasteiger partial charge in [-0.15, -0.1) is 0 Å². The van der Waals surface area contributed by atoms with Crippen LogP contribution < -0.4 is 0 Å². The predicted octanol–water partition coefficient (Wildman–Crippen LogP) is 1.46. The summed E-state index contributed by atoms with van der Waals surface area (Å²) in [6.45, 7) is 0. The number of hydrogen-bond donors (Lipinski definition) is 2. The molecule has 3 atom stereocenters. The maximum Gasteiger partial charge on any atom is 0.338 e. The zero-order chi connectivity index (χ0) is 13.8. The van der Waals surface area contributed by atoms with E-state index in [1.165, 1.54) is 0 Å². The van der Waals surface area contributed by atoms with Gasteiger partial charge in [-0.1, -0.05) is 18.2 Å². The molecule has 102 valence electrons. The van der Waals surface area contributed by atoms with Crippen LogP contribution in [-0.2, 0) is 9.53 Å². The topological polar surface area (TPSA) is 83.8 Å². The lowest BCUT2D eigenvalue weighted by Gasteiger charge is -2.29. The van der Waals surface area contributed by atoms with Crippen LogP contribution in [0.1, 0.15) is 29.6 Å². The molecule has 1 saturated carbocycles. The lowest BCUT2D eigenvalue weighted by molar-refractivity contribution is -0.146. The fourth-order valence-electron chi connectivity index (χ4n) is 2.33. The minimum atomic E-state index is -0.959. The van der Waals surface area contributed by atoms with Crippen molar-refractivity contribution in [3.8, 4) is 0 Å². The standard InChI is InChI=1S/C14H16O5/c15-11-6-10(13(16)17)7-12(8-11)19-14(18)9-4-2-1-3-5-9/h1-5,10-12,15H,6-8H2,(H,16,17)/t10-,11+,12+/m1/s1. The molecule has 1 aliphatic rings. The zero-order valence-corrected chi connectivity index (χ0v) is 10.4. The smallest absolute Gasteiger partial charge is 0.338 e. The second kappa shape index (κ2) is 5.84. The quantitative estimate of drug-likeness (QED) is 0.807. The molecule has 0 bridgehead atoms. The van der Waals surface area contributed by atoms with E-state index in [0.717, 1.165) is 0 Å². The van der Waals surface area contributed by atoms with Crippen LogP contribution in [0.3, 0.4) is 0 Å². The van der Waals surface area contributed by atoms with Gasteiger partial charge in [-0.25, -0.2) is 4.79 Å². The largest absolute Gasteiger partial charge is 0.481 e. The third-order valence-corrected chi connectivity index (χ3v) is 3.27. The summed E-state index contributed by atoms with van der Waals surface area (Å²) in [7, 11) is 0. The molecular formula is C14H16O5. The van der Waals surface area contributed by atoms with Gasteiger partial charge in [-0.05, 0) is 25.0 Å². The molecule has 0 spiro atoms. The van der Waals surface area contributed by atoms with Crippen LogP contribution in [0.5, 0.6) is 0 Å². The molecule has 2 rings (SSSR count). The summed E-state index contributed by atoms with van der Waals surface area (Å²) < 4.78 is 5.27. The van der Waals surface area contributed by atoms with Crippen molar-refractivity contribution in [1.29, 1.82) is 0 Å². The van der Waals surface area contributed by atoms with Crippen molar-refractivity contribution in [1.82, 2.24) is 0 Å². The Morgan fingerprint density at radius 1 is 1.11 bits per heavy atom. The molecule has 1 aromatic carbocycles. The van der Waals surface area contributed by atoms with Gasteiger partial charge in [0.25, 0.3) is 0 Å². The number of carbonyl (C=O) groups excluding carboxylic acids is 1. The highest BCUT2D eigenvalue weighted by molar-refractivity contribution is 5.89. The second-order valence-corrected chi connectivity index (χ2v) is 4.79. The van der Waals surface area contributed by atoms with Gasteiger partial charge in [-0.3, -0.25) is 4.79 Å². The van der Waals surface area contributed by atoms with Crippen molar-refractivity contribution in [3.63, 3.8) is 0 Å². The van der Waals surface area contributed by atoms with Gasteiger partial charge >= 0.3 is 11.9 Å². The van der Waals surface area contributed by atoms with E-state index in [2.05, 4.69) is 0 Å². The number of aliphatic hydroxyl groups excluding tert-OH is 1. The molecule has 19 heavy (non-hydrogen) atoms. The lowest BCUT2D eigenvalue weighted by atomic mass is 9.85. The number of ether oxygens (including phenoxy) is 1. The molecule has 1 aliphatic carbocycles. The highest BCUT2D eigenvalue weighted by Crippen LogP contribution is 2.27. The Kier molecular flexibility index (Phi) is 4.16. The van der Waals surface area contributed by atoms with Crippen LogP contribution in [0.2, 0.25) is 0 Å². The van der Waals surface area contributed by atoms with Crippen molar-refractivity contribution in [2.75, 3.05) is 0 Å². The molecule has 0 aromatic heterocycles. The number of carboxylic acid groups (broad SMARTS) is 1. The maximum absolute atomic E-state index is 11.8. The maximum atomic E-state index is 11.8. The van der Waals surface area contributed by atoms with E-state index in [0.29, 0.717) is 12.0 Å². The van der Waals surface area contributed by atoms with Crippen molar-refractivity contribution in [2.24, 2.45) is 5.92 Å². The summed E-state index contributed by atoms with van der Waals surface area (Å²) >= 11 is 0. The number of carbonyl (C=O) groups is 2. The van der Waals surface area contributed by atoms with Crippen molar-refractivity contribution in [3.05, 3.63) is 35.9 Å². The molecule has 0 radical (unpaired) electrons. The monoisotopic (exact) mass is 264 g/mol. The van der Waals surface area contributed by atoms with E-state index in [-0.39, 0.29) is 12.8 Å². The average Bonchev–Trinajstić information content (AvgIpc) is 2.39. The van der Waals surface area contributed by atoms with Gasteiger partial charge in [0.1, 0.15) is 6.10 Å². The minimum absolute atomic E-state index is 0.217. The van der Waals surface area contributed by atoms with Crippen molar-refractivity contribution in [2.45, 2.75) is 31.5 Å². The fourth-order valence-corrected chi connectivity index (χ4v) is 2.33. The zero-order valence-electron chi connectivity index (χ0n) is 10.4. The highest BCUT2D eigenvalue weighted by Gasteiger charge is 2.34. The van der Waals surface area contributed by atoms with E-state index in [1.54, 1.807) is 30.3 Å². The lowest BCUT2D eigenvalue weighted by Crippen LogP contribution is -2.36. The summed E-state index contributed by atoms with van der Waals surface area (Å²) in [5.74, 6) is -2.10. The molecule has 5 heteroatoms. The first kappa shape index (κ1) is 13.5. The highest BCUT2D eigenvalue weighted by atomic mass is 16.5. The molecule has 1 fully saturated rings. The van der Waals surface area contributed by atoms with Gasteiger partial charge in [0.05, 0.1) is 17.6 Å². The average molecular weight is 264 g/mol. The van der Waals surface area contributed by atoms with Crippen LogP contribution in [0.25, 0.3) is 0 Å². The van der Waals surface area contributed by atoms with Gasteiger partial charge in [0.2, 0.25) is 0 Å². The SMILES string of the molecule is O=C(O[C@@H]1C[C@@H](O)C[C@@H](C(=O)O)C1)c1ccccc1. The third-order valence-electron chi connectivity index (χ3n) is 3.27. The van der Waals surface area contributed by atoms with Crippen LogP contribution in [0.4, 0.5) is 0 Å². The van der Waals surface area contributed by atoms with E-state index >= 15 is 0 Å². The Hall–Kier alpha value is -1.88. The van der Waals surface area contributed by atoms with Crippen molar-refractivity contribution < 1.29 is 24.5 Å². The molecule has 0 heterocycles. The summed E-state index contributed by atoms with van der Waals surface area (Å²) in [5.41, 5.74) is 0.425. The molecule has 5 nitrogen and oxygen atoms in total. The molecule has 0 saturated heterocycles. The van der Waals surface area contributed by atoms with Gasteiger partial charge in [0.15, 0.2) is 0 Å². The Balaban J connectivity index is 1.98. The number of aliphatic carboxylic acids is 1. The van der Waals surface area contributed by atoms with E-state index in [9.17, 15) is 14.7 Å². The molecule has 2 N–H and O–H groups in total. The first-order chi connectivity index (χ1) is 9.06. The minimum Gasteiger partial charge on any atom is -0.481 e. The Morgan fingerprint density at radius 2 is 1.79 bits per heavy atom. The summed E-state index contributed by atoms with van der Waals surface area (Å²) in [5, 5.41) is 18.6. The second-order valence-electron chi connectivity index (χ2n) is 4.79. The molecule has 0 unspecified atom stereocenters. The third kappa shape index (κ3) is 3.54. The van der Waals surface area contributed by atoms with E-state index in [1.807, 2.05) is 0 Å². The fraction of sp³-hybridized carbons (Fsp3) is 0.429. The first-order valence-electron chi connectivity index (χ1n) is 6.23. The Bertz CT molecular complexity index is 456. The molecule has 0 amide bonds. The first-order valence-corrected chi connectivity index (χ1v) is 6.23. The Labute approximate surface area is 110 Å². The number of rotatable bonds is 3. The van der Waals surface area contributed by atoms with Gasteiger partial charge in [-0.2, -0.15) is 0 Å². The number of hydrogen-bond acceptors (Lipinski definition) is 4. The molecular weight excluding hydrogens is 248 g/mol. The van der Waals surface area contributed by atoms with E-state index in [4.69, 9.17) is 9.84 Å². The summed E-state index contributed by atoms with van der Waals surface area (Å²) in [4.78, 5) is 22.8. The predicted molar refractivity (Wildman–Crippen MR) is 66.6 cm³/mol. The van der Waals surface area contributed by atoms with Crippen molar-refractivity contribution >= 4 is 11.9 Å². The van der Waals surface area contributed by atoms with Crippen LogP contribution in [0, 0.1) is 5.92 Å². The van der Waals surface area contributed by atoms with Crippen LogP contribution in [-0.4, -0.2) is 34.4 Å². The molecule has 0 aliphatic heterocycles. The normalized spacial score (nSPS) is 26.7. The number of benzene rings is 1. The summed E-state index contributed by atoms with van der Waals surface area (Å²) in [6.07, 6.45) is -0.511.